The van der Waals surface area contributed by atoms with Crippen LogP contribution in [0.1, 0.15) is 88.0 Å². The number of hydrogen-bond acceptors (Lipinski definition) is 23. The Morgan fingerprint density at radius 2 is 0.535 bits per heavy atom. The number of carbonyl (C=O) groups excluding carboxylic acids is 4. The number of carbonyl (C=O) groups is 4. The highest BCUT2D eigenvalue weighted by Crippen LogP contribution is 2.23. The second kappa shape index (κ2) is 31.8. The first-order valence-corrected chi connectivity index (χ1v) is 23.7. The molecule has 4 aliphatic heterocycles. The third kappa shape index (κ3) is 21.5. The van der Waals surface area contributed by atoms with Crippen LogP contribution in [-0.4, -0.2) is 243 Å². The van der Waals surface area contributed by atoms with E-state index in [-0.39, 0.29) is 66.6 Å². The van der Waals surface area contributed by atoms with Gasteiger partial charge in [0.2, 0.25) is 23.6 Å². The molecule has 4 saturated heterocycles. The smallest absolute Gasteiger partial charge is 0.222 e. The summed E-state index contributed by atoms with van der Waals surface area (Å²) < 4.78 is 20.7. The quantitative estimate of drug-likeness (QED) is 0.0724. The molecule has 0 aromatic rings. The number of nitrogens with one attached hydrogen (secondary N) is 4. The van der Waals surface area contributed by atoms with E-state index in [1.54, 1.807) is 6.92 Å². The standard InChI is InChI=1S/3C11H21NO6.C11H21NO5/c3*1-5(2)3-7(14)12-11-10(17)9(16)8(15)6(4-13)18-11;1-5(2)4-7(13)12-11-10(16)9(15)8(14)6(3)17-11/h3*5-6,8-11,13,15-17H,3-4H2,1-2H3,(H,12,14);5-6,8-11,14-16H,4H2,1-3H3,(H,12,13)/t2*6?,8-,9+,10?,11?;6?,8-,9-,10?,11?;6?,8-,9-,10?,11+/m1101/s1. The Hall–Kier alpha value is -2.88. The first kappa shape index (κ1) is 66.1. The van der Waals surface area contributed by atoms with Crippen molar-refractivity contribution in [2.24, 2.45) is 23.7 Å². The fourth-order valence-corrected chi connectivity index (χ4v) is 7.19. The molecule has 19 N–H and O–H groups in total. The Morgan fingerprint density at radius 3 is 0.732 bits per heavy atom. The molecular weight excluding hydrogens is 952 g/mol. The predicted octanol–water partition coefficient (Wildman–Crippen LogP) is -7.18. The normalized spacial score (nSPS) is 37.1. The molecule has 0 aromatic heterocycles. The number of aliphatic hydroxyl groups excluding tert-OH is 15. The van der Waals surface area contributed by atoms with Crippen molar-refractivity contribution < 1.29 is 115 Å². The number of aliphatic hydroxyl groups is 15. The molecule has 20 atom stereocenters. The van der Waals surface area contributed by atoms with E-state index in [9.17, 15) is 80.5 Å². The molecule has 27 heteroatoms. The molecule has 27 nitrogen and oxygen atoms in total. The van der Waals surface area contributed by atoms with Crippen LogP contribution in [0.25, 0.3) is 0 Å². The molecule has 0 aliphatic carbocycles. The molecule has 4 fully saturated rings. The average Bonchev–Trinajstić information content (AvgIpc) is 3.27. The molecular formula is C44H84N4O23. The zero-order valence-electron chi connectivity index (χ0n) is 41.8. The lowest BCUT2D eigenvalue weighted by atomic mass is 9.98. The largest absolute Gasteiger partial charge is 0.394 e. The summed E-state index contributed by atoms with van der Waals surface area (Å²) in [5.41, 5.74) is 0. The van der Waals surface area contributed by atoms with E-state index in [1.165, 1.54) is 0 Å². The summed E-state index contributed by atoms with van der Waals surface area (Å²) in [4.78, 5) is 46.1. The molecule has 4 amide bonds. The highest BCUT2D eigenvalue weighted by atomic mass is 16.6. The summed E-state index contributed by atoms with van der Waals surface area (Å²) in [5, 5.41) is 152. The van der Waals surface area contributed by atoms with E-state index >= 15 is 0 Å². The first-order valence-electron chi connectivity index (χ1n) is 23.7. The highest BCUT2D eigenvalue weighted by molar-refractivity contribution is 5.77. The third-order valence-corrected chi connectivity index (χ3v) is 11.1. The van der Waals surface area contributed by atoms with Gasteiger partial charge in [0.1, 0.15) is 91.6 Å². The Kier molecular flexibility index (Phi) is 29.6. The summed E-state index contributed by atoms with van der Waals surface area (Å²) in [5.74, 6) is -0.582. The predicted molar refractivity (Wildman–Crippen MR) is 244 cm³/mol. The lowest BCUT2D eigenvalue weighted by Gasteiger charge is -2.40. The molecule has 11 unspecified atom stereocenters. The molecule has 0 radical (unpaired) electrons. The van der Waals surface area contributed by atoms with Crippen LogP contribution >= 0.6 is 0 Å². The summed E-state index contributed by atoms with van der Waals surface area (Å²) in [7, 11) is 0. The van der Waals surface area contributed by atoms with E-state index in [0.29, 0.717) is 6.42 Å². The molecule has 4 heterocycles. The van der Waals surface area contributed by atoms with Crippen LogP contribution in [0.15, 0.2) is 0 Å². The second-order valence-electron chi connectivity index (χ2n) is 19.6. The van der Waals surface area contributed by atoms with Gasteiger partial charge in [-0.1, -0.05) is 55.4 Å². The monoisotopic (exact) mass is 1040 g/mol. The molecule has 418 valence electrons. The molecule has 0 saturated carbocycles. The summed E-state index contributed by atoms with van der Waals surface area (Å²) in [6, 6.07) is 0. The van der Waals surface area contributed by atoms with Gasteiger partial charge in [0, 0.05) is 25.7 Å². The van der Waals surface area contributed by atoms with Crippen LogP contribution in [0, 0.1) is 23.7 Å². The van der Waals surface area contributed by atoms with Crippen LogP contribution < -0.4 is 21.3 Å². The maximum atomic E-state index is 11.5. The Bertz CT molecular complexity index is 1430. The minimum atomic E-state index is -1.47. The summed E-state index contributed by atoms with van der Waals surface area (Å²) in [6.45, 7) is 15.0. The van der Waals surface area contributed by atoms with Crippen LogP contribution in [-0.2, 0) is 38.1 Å². The minimum absolute atomic E-state index is 0.148. The topological polar surface area (TPSA) is 457 Å². The number of amides is 4. The molecule has 4 aliphatic rings. The summed E-state index contributed by atoms with van der Waals surface area (Å²) >= 11 is 0. The van der Waals surface area contributed by atoms with Gasteiger partial charge in [-0.25, -0.2) is 0 Å². The van der Waals surface area contributed by atoms with Gasteiger partial charge in [-0.2, -0.15) is 0 Å². The molecule has 0 aromatic carbocycles. The molecule has 0 bridgehead atoms. The molecule has 0 spiro atoms. The van der Waals surface area contributed by atoms with Crippen molar-refractivity contribution in [3.8, 4) is 0 Å². The average molecular weight is 1040 g/mol. The highest BCUT2D eigenvalue weighted by Gasteiger charge is 2.47. The zero-order chi connectivity index (χ0) is 54.8. The van der Waals surface area contributed by atoms with Gasteiger partial charge in [0.15, 0.2) is 24.9 Å². The minimum Gasteiger partial charge on any atom is -0.394 e. The second-order valence-corrected chi connectivity index (χ2v) is 19.6. The fraction of sp³-hybridized carbons (Fsp3) is 0.909. The van der Waals surface area contributed by atoms with E-state index in [2.05, 4.69) is 21.3 Å². The summed E-state index contributed by atoms with van der Waals surface area (Å²) in [6.07, 6.45) is -23.7. The van der Waals surface area contributed by atoms with Crippen molar-refractivity contribution in [3.63, 3.8) is 0 Å². The Labute approximate surface area is 413 Å². The van der Waals surface area contributed by atoms with E-state index in [4.69, 9.17) is 34.3 Å². The number of rotatable bonds is 15. The number of ether oxygens (including phenoxy) is 4. The van der Waals surface area contributed by atoms with Crippen LogP contribution in [0.4, 0.5) is 0 Å². The van der Waals surface area contributed by atoms with Gasteiger partial charge in [0.05, 0.1) is 25.9 Å². The van der Waals surface area contributed by atoms with Crippen LogP contribution in [0.2, 0.25) is 0 Å². The molecule has 4 rings (SSSR count). The maximum Gasteiger partial charge on any atom is 0.222 e. The van der Waals surface area contributed by atoms with Crippen molar-refractivity contribution in [3.05, 3.63) is 0 Å². The van der Waals surface area contributed by atoms with Gasteiger partial charge >= 0.3 is 0 Å². The van der Waals surface area contributed by atoms with Gasteiger partial charge in [-0.05, 0) is 30.6 Å². The Morgan fingerprint density at radius 1 is 0.338 bits per heavy atom. The first-order chi connectivity index (χ1) is 32.9. The lowest BCUT2D eigenvalue weighted by molar-refractivity contribution is -0.236. The van der Waals surface area contributed by atoms with Gasteiger partial charge < -0.3 is 117 Å². The molecule has 71 heavy (non-hydrogen) atoms. The van der Waals surface area contributed by atoms with Crippen molar-refractivity contribution in [2.45, 2.75) is 211 Å². The maximum absolute atomic E-state index is 11.5. The van der Waals surface area contributed by atoms with Gasteiger partial charge in [0.25, 0.3) is 0 Å². The SMILES string of the molecule is CC(C)CC(=O)NC1OC(CO)[C@@H](O)[C@H](O)C1O.CC(C)CC(=O)NC1OC(CO)[C@@H](O)[C@H](O)C1O.CC(C)CC(=O)NC1OC(CO)[C@H](O)[C@H](O)C1O.CC(C)CC(=O)N[C@H]1OC(C)[C@@H](O)[C@@H](O)C1O. The van der Waals surface area contributed by atoms with Crippen LogP contribution in [0.5, 0.6) is 0 Å². The lowest BCUT2D eigenvalue weighted by Crippen LogP contribution is -2.63. The van der Waals surface area contributed by atoms with Gasteiger partial charge in [-0.15, -0.1) is 0 Å². The third-order valence-electron chi connectivity index (χ3n) is 11.1. The van der Waals surface area contributed by atoms with Crippen molar-refractivity contribution in [2.75, 3.05) is 19.8 Å². The van der Waals surface area contributed by atoms with Crippen molar-refractivity contribution in [1.29, 1.82) is 0 Å². The van der Waals surface area contributed by atoms with Gasteiger partial charge in [-0.3, -0.25) is 19.2 Å². The Balaban J connectivity index is 0.000000473. The van der Waals surface area contributed by atoms with E-state index < -0.39 is 142 Å². The van der Waals surface area contributed by atoms with E-state index in [0.717, 1.165) is 0 Å². The van der Waals surface area contributed by atoms with E-state index in [1.807, 2.05) is 55.4 Å². The fourth-order valence-electron chi connectivity index (χ4n) is 7.19. The zero-order valence-corrected chi connectivity index (χ0v) is 41.8. The number of hydrogen-bond donors (Lipinski definition) is 19. The van der Waals surface area contributed by atoms with Crippen LogP contribution in [0.3, 0.4) is 0 Å². The van der Waals surface area contributed by atoms with Crippen molar-refractivity contribution >= 4 is 23.6 Å². The van der Waals surface area contributed by atoms with Crippen molar-refractivity contribution in [1.82, 2.24) is 21.3 Å².